The molecule has 0 spiro atoms. The molecule has 0 N–H and O–H groups in total. The molecule has 0 aliphatic heterocycles. The van der Waals surface area contributed by atoms with Crippen LogP contribution < -0.4 is 0 Å². The van der Waals surface area contributed by atoms with Crippen LogP contribution in [-0.4, -0.2) is 0 Å². The maximum atomic E-state index is 5.74. The van der Waals surface area contributed by atoms with Gasteiger partial charge in [-0.2, -0.15) is 0 Å². The number of furan rings is 1. The molecule has 0 aliphatic rings. The summed E-state index contributed by atoms with van der Waals surface area (Å²) in [5, 5.41) is 0.425. The Morgan fingerprint density at radius 3 is 2.69 bits per heavy atom. The first-order valence-electron chi connectivity index (χ1n) is 4.79. The molecule has 84 valence electrons. The Balaban J connectivity index is 2.10. The van der Waals surface area contributed by atoms with Gasteiger partial charge in [0.15, 0.2) is 5.22 Å². The minimum absolute atomic E-state index is 0.147. The molecule has 1 atom stereocenters. The van der Waals surface area contributed by atoms with E-state index < -0.39 is 0 Å². The predicted molar refractivity (Wildman–Crippen MR) is 73.2 cm³/mol. The van der Waals surface area contributed by atoms with Crippen molar-refractivity contribution in [2.75, 3.05) is 0 Å². The van der Waals surface area contributed by atoms with Gasteiger partial charge in [-0.05, 0) is 47.9 Å². The fourth-order valence-electron chi connectivity index (χ4n) is 1.47. The summed E-state index contributed by atoms with van der Waals surface area (Å²) < 4.78 is 6.44. The highest BCUT2D eigenvalue weighted by atomic mass is 79.9. The van der Waals surface area contributed by atoms with Crippen molar-refractivity contribution in [1.82, 2.24) is 0 Å². The number of alkyl halides is 1. The summed E-state index contributed by atoms with van der Waals surface area (Å²) in [5.74, 6) is 0.852. The molecule has 0 radical (unpaired) electrons. The highest BCUT2D eigenvalue weighted by molar-refractivity contribution is 9.10. The van der Waals surface area contributed by atoms with Crippen molar-refractivity contribution in [1.29, 1.82) is 0 Å². The molecule has 0 fully saturated rings. The van der Waals surface area contributed by atoms with Crippen molar-refractivity contribution >= 4 is 43.5 Å². The zero-order valence-corrected chi connectivity index (χ0v) is 12.2. The van der Waals surface area contributed by atoms with Gasteiger partial charge >= 0.3 is 0 Å². The predicted octanol–water partition coefficient (Wildman–Crippen LogP) is 5.37. The van der Waals surface area contributed by atoms with Crippen molar-refractivity contribution < 1.29 is 4.42 Å². The summed E-state index contributed by atoms with van der Waals surface area (Å²) in [6.45, 7) is 0. The molecule has 4 heteroatoms. The van der Waals surface area contributed by atoms with Crippen LogP contribution in [-0.2, 0) is 6.42 Å². The van der Waals surface area contributed by atoms with E-state index in [1.165, 1.54) is 5.56 Å². The van der Waals surface area contributed by atoms with Crippen molar-refractivity contribution in [3.8, 4) is 0 Å². The maximum Gasteiger partial charge on any atom is 0.193 e. The lowest BCUT2D eigenvalue weighted by atomic mass is 10.1. The number of hydrogen-bond donors (Lipinski definition) is 0. The van der Waals surface area contributed by atoms with Gasteiger partial charge in [0.1, 0.15) is 5.76 Å². The number of hydrogen-bond acceptors (Lipinski definition) is 1. The van der Waals surface area contributed by atoms with Crippen LogP contribution in [0.5, 0.6) is 0 Å². The van der Waals surface area contributed by atoms with Gasteiger partial charge in [-0.25, -0.2) is 0 Å². The first kappa shape index (κ1) is 12.2. The SMILES string of the molecule is Clc1ccc(C(Br)Cc2cccc(Br)c2)o1. The number of halogens is 3. The Bertz CT molecular complexity index is 481. The van der Waals surface area contributed by atoms with Crippen LogP contribution in [0.15, 0.2) is 45.3 Å². The van der Waals surface area contributed by atoms with Gasteiger partial charge in [0.2, 0.25) is 0 Å². The Labute approximate surface area is 116 Å². The lowest BCUT2D eigenvalue weighted by Gasteiger charge is -2.07. The second kappa shape index (κ2) is 5.39. The van der Waals surface area contributed by atoms with Crippen LogP contribution in [0.4, 0.5) is 0 Å². The molecule has 0 bridgehead atoms. The topological polar surface area (TPSA) is 13.1 Å². The van der Waals surface area contributed by atoms with Crippen LogP contribution in [0.1, 0.15) is 16.2 Å². The van der Waals surface area contributed by atoms with Gasteiger partial charge < -0.3 is 4.42 Å². The summed E-state index contributed by atoms with van der Waals surface area (Å²) in [4.78, 5) is 0.147. The van der Waals surface area contributed by atoms with Gasteiger partial charge in [0.25, 0.3) is 0 Å². The Morgan fingerprint density at radius 1 is 1.25 bits per heavy atom. The van der Waals surface area contributed by atoms with Gasteiger partial charge in [-0.3, -0.25) is 0 Å². The molecule has 2 aromatic rings. The molecule has 0 amide bonds. The molecule has 1 heterocycles. The molecule has 1 unspecified atom stereocenters. The van der Waals surface area contributed by atoms with Crippen LogP contribution >= 0.6 is 43.5 Å². The van der Waals surface area contributed by atoms with E-state index in [-0.39, 0.29) is 4.83 Å². The van der Waals surface area contributed by atoms with Gasteiger partial charge in [-0.1, -0.05) is 44.0 Å². The minimum atomic E-state index is 0.147. The average Bonchev–Trinajstić information content (AvgIpc) is 2.65. The molecule has 0 saturated heterocycles. The highest BCUT2D eigenvalue weighted by Gasteiger charge is 2.12. The second-order valence-electron chi connectivity index (χ2n) is 3.44. The Hall–Kier alpha value is -0.250. The van der Waals surface area contributed by atoms with Crippen molar-refractivity contribution in [3.63, 3.8) is 0 Å². The molecule has 16 heavy (non-hydrogen) atoms. The summed E-state index contributed by atoms with van der Waals surface area (Å²) in [7, 11) is 0. The Kier molecular flexibility index (Phi) is 4.11. The minimum Gasteiger partial charge on any atom is -0.449 e. The van der Waals surface area contributed by atoms with Gasteiger partial charge in [-0.15, -0.1) is 0 Å². The Morgan fingerprint density at radius 2 is 2.06 bits per heavy atom. The first-order chi connectivity index (χ1) is 7.65. The van der Waals surface area contributed by atoms with E-state index in [4.69, 9.17) is 16.0 Å². The fourth-order valence-corrected chi connectivity index (χ4v) is 2.69. The van der Waals surface area contributed by atoms with E-state index in [1.54, 1.807) is 6.07 Å². The van der Waals surface area contributed by atoms with Crippen LogP contribution in [0, 0.1) is 0 Å². The van der Waals surface area contributed by atoms with Crippen LogP contribution in [0.2, 0.25) is 5.22 Å². The average molecular weight is 364 g/mol. The third-order valence-corrected chi connectivity index (χ3v) is 3.68. The van der Waals surface area contributed by atoms with E-state index >= 15 is 0 Å². The third kappa shape index (κ3) is 3.12. The molecular weight excluding hydrogens is 355 g/mol. The van der Waals surface area contributed by atoms with Crippen LogP contribution in [0.3, 0.4) is 0 Å². The van der Waals surface area contributed by atoms with Gasteiger partial charge in [0.05, 0.1) is 4.83 Å². The number of benzene rings is 1. The zero-order chi connectivity index (χ0) is 11.5. The van der Waals surface area contributed by atoms with Crippen molar-refractivity contribution in [3.05, 3.63) is 57.4 Å². The van der Waals surface area contributed by atoms with Crippen molar-refractivity contribution in [2.24, 2.45) is 0 Å². The van der Waals surface area contributed by atoms with Gasteiger partial charge in [0, 0.05) is 4.47 Å². The molecule has 1 aromatic heterocycles. The summed E-state index contributed by atoms with van der Waals surface area (Å²) in [5.41, 5.74) is 1.24. The third-order valence-electron chi connectivity index (χ3n) is 2.21. The number of rotatable bonds is 3. The zero-order valence-electron chi connectivity index (χ0n) is 8.29. The normalized spacial score (nSPS) is 12.7. The largest absolute Gasteiger partial charge is 0.449 e. The molecule has 1 nitrogen and oxygen atoms in total. The maximum absolute atomic E-state index is 5.74. The van der Waals surface area contributed by atoms with E-state index in [2.05, 4.69) is 44.0 Å². The van der Waals surface area contributed by atoms with Crippen LogP contribution in [0.25, 0.3) is 0 Å². The molecule has 0 aliphatic carbocycles. The lowest BCUT2D eigenvalue weighted by molar-refractivity contribution is 0.509. The molecule has 0 saturated carbocycles. The first-order valence-corrected chi connectivity index (χ1v) is 6.87. The monoisotopic (exact) mass is 362 g/mol. The fraction of sp³-hybridized carbons (Fsp3) is 0.167. The molecular formula is C12H9Br2ClO. The summed E-state index contributed by atoms with van der Waals surface area (Å²) in [6.07, 6.45) is 0.864. The lowest BCUT2D eigenvalue weighted by Crippen LogP contribution is -1.93. The van der Waals surface area contributed by atoms with E-state index in [9.17, 15) is 0 Å². The smallest absolute Gasteiger partial charge is 0.193 e. The summed E-state index contributed by atoms with van der Waals surface area (Å²) in [6, 6.07) is 11.9. The molecule has 1 aromatic carbocycles. The molecule has 2 rings (SSSR count). The van der Waals surface area contributed by atoms with E-state index in [1.807, 2.05) is 18.2 Å². The van der Waals surface area contributed by atoms with E-state index in [0.29, 0.717) is 5.22 Å². The highest BCUT2D eigenvalue weighted by Crippen LogP contribution is 2.30. The van der Waals surface area contributed by atoms with E-state index in [0.717, 1.165) is 16.7 Å². The quantitative estimate of drug-likeness (QED) is 0.667. The van der Waals surface area contributed by atoms with Crippen molar-refractivity contribution in [2.45, 2.75) is 11.2 Å². The summed E-state index contributed by atoms with van der Waals surface area (Å²) >= 11 is 12.8. The second-order valence-corrected chi connectivity index (χ2v) is 5.84. The standard InChI is InChI=1S/C12H9Br2ClO/c13-9-3-1-2-8(6-9)7-10(14)11-4-5-12(15)16-11/h1-6,10H,7H2.